The Labute approximate surface area is 150 Å². The van der Waals surface area contributed by atoms with Crippen LogP contribution in [0.5, 0.6) is 5.75 Å². The van der Waals surface area contributed by atoms with Crippen LogP contribution in [0.2, 0.25) is 0 Å². The number of hydrogen-bond donors (Lipinski definition) is 1. The number of carbonyl (C=O) groups is 2. The molecule has 25 heavy (non-hydrogen) atoms. The molecule has 2 aliphatic rings. The number of ether oxygens (including phenoxy) is 1. The van der Waals surface area contributed by atoms with Crippen LogP contribution in [0.15, 0.2) is 24.3 Å². The van der Waals surface area contributed by atoms with Crippen LogP contribution < -0.4 is 10.1 Å². The maximum atomic E-state index is 12.5. The Balaban J connectivity index is 1.52. The first-order valence-corrected chi connectivity index (χ1v) is 9.61. The molecule has 1 amide bonds. The maximum Gasteiger partial charge on any atom is 0.260 e. The molecule has 0 radical (unpaired) electrons. The van der Waals surface area contributed by atoms with E-state index in [1.807, 2.05) is 0 Å². The van der Waals surface area contributed by atoms with Crippen molar-refractivity contribution in [2.75, 3.05) is 0 Å². The number of Topliss-reactive ketones (excluding diaryl/α,β-unsaturated/α-hetero) is 1. The quantitative estimate of drug-likeness (QED) is 0.818. The molecule has 2 fully saturated rings. The molecule has 1 aromatic carbocycles. The number of nitrogens with one attached hydrogen (secondary N) is 1. The third kappa shape index (κ3) is 4.62. The first kappa shape index (κ1) is 18.0. The van der Waals surface area contributed by atoms with Gasteiger partial charge in [-0.1, -0.05) is 37.8 Å². The minimum atomic E-state index is -0.564. The second-order valence-corrected chi connectivity index (χ2v) is 7.67. The molecule has 4 unspecified atom stereocenters. The van der Waals surface area contributed by atoms with Gasteiger partial charge in [-0.05, 0) is 57.1 Å². The van der Waals surface area contributed by atoms with E-state index in [2.05, 4.69) is 5.32 Å². The van der Waals surface area contributed by atoms with Crippen LogP contribution in [0, 0.1) is 11.8 Å². The van der Waals surface area contributed by atoms with Gasteiger partial charge in [-0.2, -0.15) is 0 Å². The molecule has 1 N–H and O–H groups in total. The van der Waals surface area contributed by atoms with E-state index in [0.717, 1.165) is 24.7 Å². The standard InChI is InChI=1S/C21H29NO3/c1-14(23)17-8-5-9-20(13-17)25-15(2)21(24)22-19-11-10-16-6-3-4-7-18(16)12-19/h5,8-9,13,15-16,18-19H,3-4,6-7,10-12H2,1-2H3,(H,22,24). The van der Waals surface area contributed by atoms with E-state index in [0.29, 0.717) is 11.3 Å². The van der Waals surface area contributed by atoms with Crippen LogP contribution in [0.4, 0.5) is 0 Å². The Morgan fingerprint density at radius 3 is 2.64 bits per heavy atom. The minimum absolute atomic E-state index is 0.00760. The lowest BCUT2D eigenvalue weighted by Crippen LogP contribution is -2.46. The van der Waals surface area contributed by atoms with Crippen molar-refractivity contribution >= 4 is 11.7 Å². The number of carbonyl (C=O) groups excluding carboxylic acids is 2. The average molecular weight is 343 g/mol. The summed E-state index contributed by atoms with van der Waals surface area (Å²) in [6.07, 6.45) is 8.29. The summed E-state index contributed by atoms with van der Waals surface area (Å²) in [6.45, 7) is 3.29. The molecule has 4 nitrogen and oxygen atoms in total. The Morgan fingerprint density at radius 2 is 1.88 bits per heavy atom. The van der Waals surface area contributed by atoms with E-state index in [-0.39, 0.29) is 17.7 Å². The topological polar surface area (TPSA) is 55.4 Å². The number of hydrogen-bond acceptors (Lipinski definition) is 3. The zero-order valence-electron chi connectivity index (χ0n) is 15.3. The van der Waals surface area contributed by atoms with Gasteiger partial charge in [0.2, 0.25) is 0 Å². The van der Waals surface area contributed by atoms with E-state index in [9.17, 15) is 9.59 Å². The highest BCUT2D eigenvalue weighted by molar-refractivity contribution is 5.94. The smallest absolute Gasteiger partial charge is 0.260 e. The van der Waals surface area contributed by atoms with Gasteiger partial charge in [0, 0.05) is 11.6 Å². The van der Waals surface area contributed by atoms with Crippen LogP contribution in [-0.2, 0) is 4.79 Å². The number of fused-ring (bicyclic) bond motifs is 1. The SMILES string of the molecule is CC(=O)c1cccc(OC(C)C(=O)NC2CCC3CCCCC3C2)c1. The Hall–Kier alpha value is -1.84. The molecule has 4 heteroatoms. The minimum Gasteiger partial charge on any atom is -0.481 e. The van der Waals surface area contributed by atoms with Gasteiger partial charge in [-0.3, -0.25) is 9.59 Å². The third-order valence-electron chi connectivity index (χ3n) is 5.81. The molecule has 0 spiro atoms. The lowest BCUT2D eigenvalue weighted by Gasteiger charge is -2.39. The van der Waals surface area contributed by atoms with Crippen molar-refractivity contribution in [3.63, 3.8) is 0 Å². The highest BCUT2D eigenvalue weighted by Gasteiger charge is 2.33. The molecule has 0 saturated heterocycles. The molecule has 2 saturated carbocycles. The second-order valence-electron chi connectivity index (χ2n) is 7.67. The number of rotatable bonds is 5. The van der Waals surface area contributed by atoms with Gasteiger partial charge >= 0.3 is 0 Å². The van der Waals surface area contributed by atoms with E-state index in [4.69, 9.17) is 4.74 Å². The Kier molecular flexibility index (Phi) is 5.77. The van der Waals surface area contributed by atoms with Gasteiger partial charge in [0.15, 0.2) is 11.9 Å². The largest absolute Gasteiger partial charge is 0.481 e. The summed E-state index contributed by atoms with van der Waals surface area (Å²) >= 11 is 0. The average Bonchev–Trinajstić information content (AvgIpc) is 2.61. The molecular weight excluding hydrogens is 314 g/mol. The summed E-state index contributed by atoms with van der Waals surface area (Å²) < 4.78 is 5.75. The first-order chi connectivity index (χ1) is 12.0. The number of amides is 1. The van der Waals surface area contributed by atoms with Crippen LogP contribution in [0.3, 0.4) is 0 Å². The van der Waals surface area contributed by atoms with Crippen molar-refractivity contribution in [1.29, 1.82) is 0 Å². The van der Waals surface area contributed by atoms with E-state index >= 15 is 0 Å². The molecule has 0 aliphatic heterocycles. The fourth-order valence-corrected chi connectivity index (χ4v) is 4.37. The lowest BCUT2D eigenvalue weighted by atomic mass is 9.69. The summed E-state index contributed by atoms with van der Waals surface area (Å²) in [5, 5.41) is 3.18. The van der Waals surface area contributed by atoms with Crippen molar-refractivity contribution in [1.82, 2.24) is 5.32 Å². The molecule has 2 aliphatic carbocycles. The molecule has 1 aromatic rings. The van der Waals surface area contributed by atoms with Crippen molar-refractivity contribution in [2.45, 2.75) is 70.9 Å². The summed E-state index contributed by atoms with van der Waals surface area (Å²) in [7, 11) is 0. The van der Waals surface area contributed by atoms with E-state index in [1.54, 1.807) is 31.2 Å². The summed E-state index contributed by atoms with van der Waals surface area (Å²) in [6, 6.07) is 7.29. The fraction of sp³-hybridized carbons (Fsp3) is 0.619. The maximum absolute atomic E-state index is 12.5. The normalized spacial score (nSPS) is 27.0. The lowest BCUT2D eigenvalue weighted by molar-refractivity contribution is -0.128. The Morgan fingerprint density at radius 1 is 1.12 bits per heavy atom. The number of ketones is 1. The zero-order chi connectivity index (χ0) is 17.8. The number of benzene rings is 1. The summed E-state index contributed by atoms with van der Waals surface area (Å²) in [4.78, 5) is 24.0. The highest BCUT2D eigenvalue weighted by Crippen LogP contribution is 2.40. The van der Waals surface area contributed by atoms with Crippen LogP contribution >= 0.6 is 0 Å². The van der Waals surface area contributed by atoms with Gasteiger partial charge in [-0.25, -0.2) is 0 Å². The third-order valence-corrected chi connectivity index (χ3v) is 5.81. The first-order valence-electron chi connectivity index (χ1n) is 9.61. The van der Waals surface area contributed by atoms with Gasteiger partial charge in [0.05, 0.1) is 0 Å². The van der Waals surface area contributed by atoms with E-state index < -0.39 is 6.10 Å². The molecule has 0 heterocycles. The van der Waals surface area contributed by atoms with Gasteiger partial charge in [-0.15, -0.1) is 0 Å². The predicted octanol–water partition coefficient (Wildman–Crippen LogP) is 4.13. The predicted molar refractivity (Wildman–Crippen MR) is 97.8 cm³/mol. The molecular formula is C21H29NO3. The summed E-state index contributed by atoms with van der Waals surface area (Å²) in [5.41, 5.74) is 0.598. The van der Waals surface area contributed by atoms with Crippen LogP contribution in [0.1, 0.15) is 69.2 Å². The van der Waals surface area contributed by atoms with Crippen molar-refractivity contribution in [2.24, 2.45) is 11.8 Å². The van der Waals surface area contributed by atoms with Gasteiger partial charge < -0.3 is 10.1 Å². The monoisotopic (exact) mass is 343 g/mol. The molecule has 0 aromatic heterocycles. The van der Waals surface area contributed by atoms with Crippen molar-refractivity contribution < 1.29 is 14.3 Å². The Bertz CT molecular complexity index is 627. The van der Waals surface area contributed by atoms with Crippen molar-refractivity contribution in [3.8, 4) is 5.75 Å². The summed E-state index contributed by atoms with van der Waals surface area (Å²) in [5.74, 6) is 2.16. The fourth-order valence-electron chi connectivity index (χ4n) is 4.37. The van der Waals surface area contributed by atoms with Crippen LogP contribution in [-0.4, -0.2) is 23.8 Å². The van der Waals surface area contributed by atoms with Crippen LogP contribution in [0.25, 0.3) is 0 Å². The van der Waals surface area contributed by atoms with Crippen molar-refractivity contribution in [3.05, 3.63) is 29.8 Å². The zero-order valence-corrected chi connectivity index (χ0v) is 15.3. The van der Waals surface area contributed by atoms with Gasteiger partial charge in [0.1, 0.15) is 5.75 Å². The molecule has 0 bridgehead atoms. The molecule has 136 valence electrons. The van der Waals surface area contributed by atoms with E-state index in [1.165, 1.54) is 39.0 Å². The molecule has 4 atom stereocenters. The highest BCUT2D eigenvalue weighted by atomic mass is 16.5. The second kappa shape index (κ2) is 8.03. The van der Waals surface area contributed by atoms with Gasteiger partial charge in [0.25, 0.3) is 5.91 Å². The molecule has 3 rings (SSSR count).